The van der Waals surface area contributed by atoms with Crippen LogP contribution in [0.4, 0.5) is 5.69 Å². The number of nitrogens with two attached hydrogens (primary N) is 2. The normalized spacial score (nSPS) is 12.4. The van der Waals surface area contributed by atoms with Crippen molar-refractivity contribution in [1.82, 2.24) is 0 Å². The number of benzene rings is 1. The molecule has 0 heterocycles. The zero-order valence-electron chi connectivity index (χ0n) is 7.20. The van der Waals surface area contributed by atoms with Gasteiger partial charge < -0.3 is 11.5 Å². The zero-order valence-corrected chi connectivity index (χ0v) is 8.77. The van der Waals surface area contributed by atoms with Crippen molar-refractivity contribution in [1.29, 1.82) is 0 Å². The molecule has 0 aliphatic rings. The largest absolute Gasteiger partial charge is 0.398 e. The van der Waals surface area contributed by atoms with Gasteiger partial charge in [0.25, 0.3) is 0 Å². The van der Waals surface area contributed by atoms with Crippen LogP contribution >= 0.6 is 11.6 Å². The van der Waals surface area contributed by atoms with Crippen molar-refractivity contribution in [3.8, 4) is 0 Å². The molecule has 1 aromatic rings. The summed E-state index contributed by atoms with van der Waals surface area (Å²) in [4.78, 5) is 11.0. The van der Waals surface area contributed by atoms with Gasteiger partial charge in [0, 0.05) is 4.90 Å². The van der Waals surface area contributed by atoms with Gasteiger partial charge in [-0.2, -0.15) is 0 Å². The van der Waals surface area contributed by atoms with Crippen LogP contribution in [0.2, 0.25) is 5.02 Å². The molecule has 1 atom stereocenters. The third-order valence-electron chi connectivity index (χ3n) is 1.51. The van der Waals surface area contributed by atoms with Gasteiger partial charge in [-0.1, -0.05) is 11.6 Å². The predicted octanol–water partition coefficient (Wildman–Crippen LogP) is 0.515. The summed E-state index contributed by atoms with van der Waals surface area (Å²) >= 11 is 5.72. The maximum Gasteiger partial charge on any atom is 0.230 e. The van der Waals surface area contributed by atoms with Crippen LogP contribution in [0, 0.1) is 0 Å². The maximum atomic E-state index is 11.4. The number of nitrogen functional groups attached to an aromatic ring is 1. The summed E-state index contributed by atoms with van der Waals surface area (Å²) in [6.07, 6.45) is 0. The highest BCUT2D eigenvalue weighted by molar-refractivity contribution is 7.85. The minimum atomic E-state index is -1.45. The Morgan fingerprint density at radius 2 is 2.14 bits per heavy atom. The zero-order chi connectivity index (χ0) is 10.7. The first-order chi connectivity index (χ1) is 6.50. The second kappa shape index (κ2) is 4.43. The van der Waals surface area contributed by atoms with Gasteiger partial charge in [0.1, 0.15) is 5.75 Å². The molecule has 0 aromatic heterocycles. The lowest BCUT2D eigenvalue weighted by Crippen LogP contribution is -2.19. The van der Waals surface area contributed by atoms with Crippen molar-refractivity contribution in [3.05, 3.63) is 23.2 Å². The fourth-order valence-electron chi connectivity index (χ4n) is 0.862. The number of amides is 1. The van der Waals surface area contributed by atoms with Crippen molar-refractivity contribution in [2.75, 3.05) is 11.5 Å². The van der Waals surface area contributed by atoms with Gasteiger partial charge in [0.2, 0.25) is 5.91 Å². The Morgan fingerprint density at radius 1 is 1.50 bits per heavy atom. The Labute approximate surface area is 88.7 Å². The Morgan fingerprint density at radius 3 is 2.64 bits per heavy atom. The van der Waals surface area contributed by atoms with E-state index < -0.39 is 16.7 Å². The molecular weight excluding hydrogens is 224 g/mol. The van der Waals surface area contributed by atoms with Gasteiger partial charge in [-0.05, 0) is 18.2 Å². The molecule has 14 heavy (non-hydrogen) atoms. The molecule has 0 aliphatic carbocycles. The summed E-state index contributed by atoms with van der Waals surface area (Å²) in [6, 6.07) is 4.56. The van der Waals surface area contributed by atoms with E-state index in [0.29, 0.717) is 15.6 Å². The molecule has 0 aliphatic heterocycles. The molecule has 1 unspecified atom stereocenters. The number of carbonyl (C=O) groups excluding carboxylic acids is 1. The summed E-state index contributed by atoms with van der Waals surface area (Å²) < 4.78 is 11.4. The van der Waals surface area contributed by atoms with Crippen molar-refractivity contribution >= 4 is 34.0 Å². The van der Waals surface area contributed by atoms with E-state index in [9.17, 15) is 9.00 Å². The SMILES string of the molecule is NC(=O)CS(=O)c1ccc(N)c(Cl)c1. The molecule has 6 heteroatoms. The third kappa shape index (κ3) is 2.71. The summed E-state index contributed by atoms with van der Waals surface area (Å²) in [7, 11) is -1.45. The number of carbonyl (C=O) groups is 1. The molecule has 0 radical (unpaired) electrons. The van der Waals surface area contributed by atoms with Gasteiger partial charge in [-0.3, -0.25) is 9.00 Å². The van der Waals surface area contributed by atoms with Crippen molar-refractivity contribution < 1.29 is 9.00 Å². The first kappa shape index (κ1) is 11.0. The van der Waals surface area contributed by atoms with E-state index in [1.807, 2.05) is 0 Å². The fraction of sp³-hybridized carbons (Fsp3) is 0.125. The molecule has 0 fully saturated rings. The molecule has 1 amide bonds. The van der Waals surface area contributed by atoms with Crippen LogP contribution in [0.5, 0.6) is 0 Å². The standard InChI is InChI=1S/C8H9ClN2O2S/c9-6-3-5(1-2-7(6)10)14(13)4-8(11)12/h1-3H,4,10H2,(H2,11,12). The minimum Gasteiger partial charge on any atom is -0.398 e. The third-order valence-corrected chi connectivity index (χ3v) is 3.16. The van der Waals surface area contributed by atoms with Gasteiger partial charge >= 0.3 is 0 Å². The van der Waals surface area contributed by atoms with Crippen molar-refractivity contribution in [2.24, 2.45) is 5.73 Å². The molecule has 4 nitrogen and oxygen atoms in total. The van der Waals surface area contributed by atoms with Crippen molar-refractivity contribution in [2.45, 2.75) is 4.90 Å². The molecule has 0 bridgehead atoms. The Kier molecular flexibility index (Phi) is 3.49. The smallest absolute Gasteiger partial charge is 0.230 e. The number of halogens is 1. The van der Waals surface area contributed by atoms with E-state index in [4.69, 9.17) is 23.1 Å². The van der Waals surface area contributed by atoms with Gasteiger partial charge in [-0.15, -0.1) is 0 Å². The number of hydrogen-bond acceptors (Lipinski definition) is 3. The lowest BCUT2D eigenvalue weighted by Gasteiger charge is -2.02. The van der Waals surface area contributed by atoms with Crippen LogP contribution in [0.15, 0.2) is 23.1 Å². The van der Waals surface area contributed by atoms with Gasteiger partial charge in [0.05, 0.1) is 21.5 Å². The van der Waals surface area contributed by atoms with Crippen LogP contribution < -0.4 is 11.5 Å². The highest BCUT2D eigenvalue weighted by Gasteiger charge is 2.08. The van der Waals surface area contributed by atoms with E-state index in [1.54, 1.807) is 6.07 Å². The summed E-state index contributed by atoms with van der Waals surface area (Å²) in [5, 5.41) is 0.320. The topological polar surface area (TPSA) is 86.2 Å². The summed E-state index contributed by atoms with van der Waals surface area (Å²) in [6.45, 7) is 0. The number of rotatable bonds is 3. The van der Waals surface area contributed by atoms with Gasteiger partial charge in [0.15, 0.2) is 0 Å². The van der Waals surface area contributed by atoms with Crippen LogP contribution in [-0.4, -0.2) is 15.9 Å². The monoisotopic (exact) mass is 232 g/mol. The highest BCUT2D eigenvalue weighted by atomic mass is 35.5. The lowest BCUT2D eigenvalue weighted by atomic mass is 10.3. The number of hydrogen-bond donors (Lipinski definition) is 2. The first-order valence-electron chi connectivity index (χ1n) is 3.72. The quantitative estimate of drug-likeness (QED) is 0.745. The molecule has 4 N–H and O–H groups in total. The van der Waals surface area contributed by atoms with E-state index in [-0.39, 0.29) is 5.75 Å². The highest BCUT2D eigenvalue weighted by Crippen LogP contribution is 2.21. The molecule has 76 valence electrons. The van der Waals surface area contributed by atoms with Crippen LogP contribution in [-0.2, 0) is 15.6 Å². The van der Waals surface area contributed by atoms with E-state index in [1.165, 1.54) is 12.1 Å². The lowest BCUT2D eigenvalue weighted by molar-refractivity contribution is -0.115. The van der Waals surface area contributed by atoms with E-state index >= 15 is 0 Å². The molecule has 0 saturated heterocycles. The first-order valence-corrected chi connectivity index (χ1v) is 5.42. The fourth-order valence-corrected chi connectivity index (χ4v) is 2.00. The summed E-state index contributed by atoms with van der Waals surface area (Å²) in [5.41, 5.74) is 10.8. The second-order valence-corrected chi connectivity index (χ2v) is 4.50. The predicted molar refractivity (Wildman–Crippen MR) is 56.3 cm³/mol. The molecular formula is C8H9ClN2O2S. The average Bonchev–Trinajstić information content (AvgIpc) is 2.08. The maximum absolute atomic E-state index is 11.4. The second-order valence-electron chi connectivity index (χ2n) is 2.64. The Bertz CT molecular complexity index is 395. The average molecular weight is 233 g/mol. The van der Waals surface area contributed by atoms with E-state index in [0.717, 1.165) is 0 Å². The van der Waals surface area contributed by atoms with Crippen LogP contribution in [0.25, 0.3) is 0 Å². The minimum absolute atomic E-state index is 0.208. The Balaban J connectivity index is 2.91. The van der Waals surface area contributed by atoms with Gasteiger partial charge in [-0.25, -0.2) is 0 Å². The summed E-state index contributed by atoms with van der Waals surface area (Å²) in [5.74, 6) is -0.823. The number of primary amides is 1. The Hall–Kier alpha value is -1.07. The molecule has 0 saturated carbocycles. The van der Waals surface area contributed by atoms with E-state index in [2.05, 4.69) is 0 Å². The van der Waals surface area contributed by atoms with Crippen molar-refractivity contribution in [3.63, 3.8) is 0 Å². The molecule has 0 spiro atoms. The van der Waals surface area contributed by atoms with Crippen LogP contribution in [0.1, 0.15) is 0 Å². The van der Waals surface area contributed by atoms with Crippen LogP contribution in [0.3, 0.4) is 0 Å². The molecule has 1 aromatic carbocycles. The number of anilines is 1. The molecule has 1 rings (SSSR count).